The van der Waals surface area contributed by atoms with Crippen LogP contribution in [-0.2, 0) is 0 Å². The van der Waals surface area contributed by atoms with Crippen LogP contribution in [0.25, 0.3) is 0 Å². The summed E-state index contributed by atoms with van der Waals surface area (Å²) in [4.78, 5) is 4.06. The monoisotopic (exact) mass is 140 g/mol. The minimum atomic E-state index is 0.960. The highest BCUT2D eigenvalue weighted by Crippen LogP contribution is 1.88. The molecule has 0 atom stereocenters. The molecule has 0 heterocycles. The third kappa shape index (κ3) is 3.28. The number of rotatable bonds is 2. The summed E-state index contributed by atoms with van der Waals surface area (Å²) >= 11 is 0. The Morgan fingerprint density at radius 1 is 1.60 bits per heavy atom. The van der Waals surface area contributed by atoms with Gasteiger partial charge < -0.3 is 5.32 Å². The van der Waals surface area contributed by atoms with E-state index >= 15 is 0 Å². The second-order valence-corrected chi connectivity index (χ2v) is 2.12. The molecule has 0 unspecified atom stereocenters. The normalized spacial score (nSPS) is 13.6. The molecule has 0 fully saturated rings. The largest absolute Gasteiger partial charge is 0.348 e. The maximum Gasteiger partial charge on any atom is 0.0998 e. The average molecular weight is 140 g/mol. The molecular weight excluding hydrogens is 124 g/mol. The maximum absolute atomic E-state index is 4.06. The Morgan fingerprint density at radius 3 is 2.50 bits per heavy atom. The molecule has 0 saturated carbocycles. The number of nitrogens with one attached hydrogen (secondary N) is 1. The molecule has 0 aliphatic carbocycles. The van der Waals surface area contributed by atoms with Crippen LogP contribution in [0.4, 0.5) is 0 Å². The highest BCUT2D eigenvalue weighted by atomic mass is 15.0. The molecule has 0 radical (unpaired) electrons. The molecule has 0 saturated heterocycles. The first kappa shape index (κ1) is 9.21. The van der Waals surface area contributed by atoms with E-state index in [1.165, 1.54) is 0 Å². The first-order chi connectivity index (χ1) is 4.74. The number of hydrogen-bond acceptors (Lipinski definition) is 1. The van der Waals surface area contributed by atoms with Gasteiger partial charge in [-0.15, -0.1) is 0 Å². The minimum Gasteiger partial charge on any atom is -0.348 e. The Morgan fingerprint density at radius 2 is 2.20 bits per heavy atom. The smallest absolute Gasteiger partial charge is 0.0998 e. The SMILES string of the molecule is C/C=C(/C)NC(CC)=NC. The molecule has 0 rings (SSSR count). The second-order valence-electron chi connectivity index (χ2n) is 2.12. The summed E-state index contributed by atoms with van der Waals surface area (Å²) in [5, 5.41) is 3.18. The van der Waals surface area contributed by atoms with Crippen LogP contribution in [0.1, 0.15) is 27.2 Å². The minimum absolute atomic E-state index is 0.960. The van der Waals surface area contributed by atoms with Gasteiger partial charge in [0.25, 0.3) is 0 Å². The van der Waals surface area contributed by atoms with Crippen LogP contribution in [-0.4, -0.2) is 12.9 Å². The lowest BCUT2D eigenvalue weighted by Crippen LogP contribution is -2.20. The lowest BCUT2D eigenvalue weighted by Gasteiger charge is -2.05. The van der Waals surface area contributed by atoms with E-state index in [1.54, 1.807) is 7.05 Å². The Bertz CT molecular complexity index is 145. The number of allylic oxidation sites excluding steroid dienone is 2. The molecule has 2 heteroatoms. The van der Waals surface area contributed by atoms with Crippen molar-refractivity contribution in [3.05, 3.63) is 11.8 Å². The van der Waals surface area contributed by atoms with Crippen molar-refractivity contribution < 1.29 is 0 Å². The van der Waals surface area contributed by atoms with Crippen molar-refractivity contribution in [3.63, 3.8) is 0 Å². The zero-order valence-corrected chi connectivity index (χ0v) is 7.23. The molecule has 0 amide bonds. The summed E-state index contributed by atoms with van der Waals surface area (Å²) < 4.78 is 0. The summed E-state index contributed by atoms with van der Waals surface area (Å²) in [7, 11) is 1.80. The van der Waals surface area contributed by atoms with Crippen molar-refractivity contribution in [2.75, 3.05) is 7.05 Å². The van der Waals surface area contributed by atoms with Crippen LogP contribution in [0.2, 0.25) is 0 Å². The predicted octanol–water partition coefficient (Wildman–Crippen LogP) is 1.94. The van der Waals surface area contributed by atoms with Gasteiger partial charge in [-0.1, -0.05) is 13.0 Å². The van der Waals surface area contributed by atoms with Gasteiger partial charge in [0.15, 0.2) is 0 Å². The van der Waals surface area contributed by atoms with Gasteiger partial charge in [0.1, 0.15) is 0 Å². The van der Waals surface area contributed by atoms with Gasteiger partial charge in [0.2, 0.25) is 0 Å². The van der Waals surface area contributed by atoms with E-state index in [2.05, 4.69) is 17.2 Å². The predicted molar refractivity (Wildman–Crippen MR) is 46.2 cm³/mol. The van der Waals surface area contributed by atoms with Gasteiger partial charge >= 0.3 is 0 Å². The lowest BCUT2D eigenvalue weighted by atomic mass is 10.4. The third-order valence-corrected chi connectivity index (χ3v) is 1.38. The van der Waals surface area contributed by atoms with Crippen LogP contribution in [0, 0.1) is 0 Å². The van der Waals surface area contributed by atoms with Crippen molar-refractivity contribution in [1.29, 1.82) is 0 Å². The van der Waals surface area contributed by atoms with Gasteiger partial charge in [-0.05, 0) is 13.8 Å². The van der Waals surface area contributed by atoms with Crippen LogP contribution < -0.4 is 5.32 Å². The van der Waals surface area contributed by atoms with E-state index in [0.717, 1.165) is 18.0 Å². The summed E-state index contributed by atoms with van der Waals surface area (Å²) in [6.07, 6.45) is 2.99. The fourth-order valence-electron chi connectivity index (χ4n) is 0.602. The summed E-state index contributed by atoms with van der Waals surface area (Å²) in [6.45, 7) is 6.12. The van der Waals surface area contributed by atoms with Gasteiger partial charge in [-0.2, -0.15) is 0 Å². The molecule has 0 bridgehead atoms. The highest BCUT2D eigenvalue weighted by molar-refractivity contribution is 5.83. The van der Waals surface area contributed by atoms with Crippen LogP contribution >= 0.6 is 0 Å². The second kappa shape index (κ2) is 5.03. The maximum atomic E-state index is 4.06. The van der Waals surface area contributed by atoms with Crippen molar-refractivity contribution in [2.24, 2.45) is 4.99 Å². The molecule has 58 valence electrons. The fraction of sp³-hybridized carbons (Fsp3) is 0.625. The van der Waals surface area contributed by atoms with E-state index in [0.29, 0.717) is 0 Å². The third-order valence-electron chi connectivity index (χ3n) is 1.38. The molecular formula is C8H16N2. The van der Waals surface area contributed by atoms with E-state index in [1.807, 2.05) is 19.9 Å². The zero-order valence-electron chi connectivity index (χ0n) is 7.23. The van der Waals surface area contributed by atoms with Crippen LogP contribution in [0.3, 0.4) is 0 Å². The molecule has 0 aliphatic rings. The molecule has 0 aromatic carbocycles. The molecule has 0 aromatic heterocycles. The number of amidine groups is 1. The summed E-state index contributed by atoms with van der Waals surface area (Å²) in [5.41, 5.74) is 1.16. The first-order valence-electron chi connectivity index (χ1n) is 3.60. The Labute approximate surface area is 63.0 Å². The topological polar surface area (TPSA) is 24.4 Å². The summed E-state index contributed by atoms with van der Waals surface area (Å²) in [6, 6.07) is 0. The Kier molecular flexibility index (Phi) is 4.63. The van der Waals surface area contributed by atoms with Crippen molar-refractivity contribution >= 4 is 5.84 Å². The van der Waals surface area contributed by atoms with Gasteiger partial charge in [-0.3, -0.25) is 4.99 Å². The molecule has 1 N–H and O–H groups in total. The van der Waals surface area contributed by atoms with E-state index in [4.69, 9.17) is 0 Å². The number of hydrogen-bond donors (Lipinski definition) is 1. The number of aliphatic imine (C=N–C) groups is 1. The average Bonchev–Trinajstić information content (AvgIpc) is 1.99. The van der Waals surface area contributed by atoms with E-state index < -0.39 is 0 Å². The molecule has 10 heavy (non-hydrogen) atoms. The molecule has 0 aliphatic heterocycles. The standard InChI is InChI=1S/C8H16N2/c1-5-7(3)10-8(6-2)9-4/h5H,6H2,1-4H3,(H,9,10)/b7-5-. The molecule has 2 nitrogen and oxygen atoms in total. The molecule has 0 aromatic rings. The Balaban J connectivity index is 3.88. The van der Waals surface area contributed by atoms with Crippen molar-refractivity contribution in [1.82, 2.24) is 5.32 Å². The van der Waals surface area contributed by atoms with Gasteiger partial charge in [0, 0.05) is 19.2 Å². The van der Waals surface area contributed by atoms with E-state index in [-0.39, 0.29) is 0 Å². The first-order valence-corrected chi connectivity index (χ1v) is 3.60. The summed E-state index contributed by atoms with van der Waals surface area (Å²) in [5.74, 6) is 1.04. The van der Waals surface area contributed by atoms with Gasteiger partial charge in [0.05, 0.1) is 5.84 Å². The zero-order chi connectivity index (χ0) is 7.98. The van der Waals surface area contributed by atoms with Gasteiger partial charge in [-0.25, -0.2) is 0 Å². The van der Waals surface area contributed by atoms with Crippen LogP contribution in [0.15, 0.2) is 16.8 Å². The van der Waals surface area contributed by atoms with Crippen LogP contribution in [0.5, 0.6) is 0 Å². The fourth-order valence-corrected chi connectivity index (χ4v) is 0.602. The molecule has 0 spiro atoms. The highest BCUT2D eigenvalue weighted by Gasteiger charge is 1.91. The number of nitrogens with zero attached hydrogens (tertiary/aromatic N) is 1. The van der Waals surface area contributed by atoms with E-state index in [9.17, 15) is 0 Å². The van der Waals surface area contributed by atoms with Crippen molar-refractivity contribution in [2.45, 2.75) is 27.2 Å². The van der Waals surface area contributed by atoms with Crippen molar-refractivity contribution in [3.8, 4) is 0 Å². The lowest BCUT2D eigenvalue weighted by molar-refractivity contribution is 1.04. The Hall–Kier alpha value is -0.790. The quantitative estimate of drug-likeness (QED) is 0.460.